The van der Waals surface area contributed by atoms with E-state index in [1.165, 1.54) is 51.4 Å². The highest BCUT2D eigenvalue weighted by molar-refractivity contribution is 7.47. The average molecular weight is 979 g/mol. The number of phosphoric acid groups is 1. The number of esters is 2. The van der Waals surface area contributed by atoms with Crippen LogP contribution in [0.15, 0.2) is 97.2 Å². The van der Waals surface area contributed by atoms with Crippen LogP contribution in [-0.4, -0.2) is 110 Å². The van der Waals surface area contributed by atoms with Crippen molar-refractivity contribution in [1.29, 1.82) is 0 Å². The van der Waals surface area contributed by atoms with E-state index >= 15 is 0 Å². The fraction of sp³-hybridized carbons (Fsp3) is 0.660. The highest BCUT2D eigenvalue weighted by Gasteiger charge is 2.51. The maximum atomic E-state index is 12.8. The molecule has 1 aliphatic carbocycles. The molecule has 0 saturated heterocycles. The number of phosphoric ester groups is 1. The second-order valence-corrected chi connectivity index (χ2v) is 18.5. The van der Waals surface area contributed by atoms with Gasteiger partial charge in [-0.05, 0) is 77.0 Å². The quantitative estimate of drug-likeness (QED) is 0.00997. The zero-order valence-electron chi connectivity index (χ0n) is 41.0. The van der Waals surface area contributed by atoms with Gasteiger partial charge in [0.15, 0.2) is 6.10 Å². The van der Waals surface area contributed by atoms with E-state index in [1.54, 1.807) is 12.2 Å². The highest BCUT2D eigenvalue weighted by atomic mass is 31.2. The third-order valence-corrected chi connectivity index (χ3v) is 12.0. The number of rotatable bonds is 40. The molecule has 0 aromatic heterocycles. The fourth-order valence-corrected chi connectivity index (χ4v) is 7.93. The van der Waals surface area contributed by atoms with Gasteiger partial charge in [-0.15, -0.1) is 0 Å². The number of carbonyl (C=O) groups excluding carboxylic acids is 2. The van der Waals surface area contributed by atoms with Gasteiger partial charge in [0.05, 0.1) is 12.7 Å². The number of carbonyl (C=O) groups is 2. The predicted molar refractivity (Wildman–Crippen MR) is 268 cm³/mol. The van der Waals surface area contributed by atoms with Crippen molar-refractivity contribution >= 4 is 19.8 Å². The van der Waals surface area contributed by atoms with Crippen LogP contribution in [0, 0.1) is 0 Å². The topological polar surface area (TPSA) is 230 Å². The van der Waals surface area contributed by atoms with Gasteiger partial charge in [0.25, 0.3) is 0 Å². The SMILES string of the molecule is CC/C=C\C/C=C\CC(O)/C=C/C=C\C/C=C\C/C=C\CCC(=O)O[C@H](COC(=O)CCCCCCCCCCC/C=C\C/C=C\CCCCC)COP(=O)(O)OC1[C@H](O)[C@H](O)C(O)[C@H](O)[C@H]1O. The van der Waals surface area contributed by atoms with Crippen molar-refractivity contribution in [2.45, 2.75) is 210 Å². The van der Waals surface area contributed by atoms with Crippen LogP contribution in [0.5, 0.6) is 0 Å². The van der Waals surface area contributed by atoms with Crippen LogP contribution < -0.4 is 0 Å². The van der Waals surface area contributed by atoms with Crippen molar-refractivity contribution in [2.24, 2.45) is 0 Å². The molecule has 0 amide bonds. The summed E-state index contributed by atoms with van der Waals surface area (Å²) in [5, 5.41) is 60.3. The first-order chi connectivity index (χ1) is 32.8. The molecule has 9 atom stereocenters. The number of hydrogen-bond acceptors (Lipinski definition) is 13. The normalized spacial score (nSPS) is 22.3. The minimum atomic E-state index is -5.16. The minimum absolute atomic E-state index is 0.0577. The van der Waals surface area contributed by atoms with Crippen molar-refractivity contribution < 1.29 is 68.2 Å². The molecule has 0 radical (unpaired) electrons. The largest absolute Gasteiger partial charge is 0.472 e. The predicted octanol–water partition coefficient (Wildman–Crippen LogP) is 9.58. The molecule has 1 aliphatic rings. The highest BCUT2D eigenvalue weighted by Crippen LogP contribution is 2.47. The number of unbranched alkanes of at least 4 members (excludes halogenated alkanes) is 12. The smallest absolute Gasteiger partial charge is 0.462 e. The second kappa shape index (κ2) is 41.5. The molecule has 388 valence electrons. The summed E-state index contributed by atoms with van der Waals surface area (Å²) in [6.45, 7) is 3.03. The maximum absolute atomic E-state index is 12.8. The summed E-state index contributed by atoms with van der Waals surface area (Å²) in [6.07, 6.45) is 39.1. The Morgan fingerprint density at radius 3 is 1.65 bits per heavy atom. The van der Waals surface area contributed by atoms with Crippen LogP contribution in [0.25, 0.3) is 0 Å². The van der Waals surface area contributed by atoms with Gasteiger partial charge in [-0.25, -0.2) is 4.57 Å². The Hall–Kier alpha value is -3.27. The zero-order valence-corrected chi connectivity index (χ0v) is 41.9. The Labute approximate surface area is 407 Å². The van der Waals surface area contributed by atoms with E-state index in [-0.39, 0.29) is 12.8 Å². The van der Waals surface area contributed by atoms with Crippen molar-refractivity contribution in [2.75, 3.05) is 13.2 Å². The van der Waals surface area contributed by atoms with Crippen LogP contribution in [-0.2, 0) is 32.7 Å². The lowest BCUT2D eigenvalue weighted by Crippen LogP contribution is -2.64. The summed E-state index contributed by atoms with van der Waals surface area (Å²) in [5.41, 5.74) is 0. The second-order valence-electron chi connectivity index (χ2n) is 17.1. The first kappa shape index (κ1) is 62.7. The molecule has 0 bridgehead atoms. The third kappa shape index (κ3) is 33.3. The maximum Gasteiger partial charge on any atom is 0.472 e. The Bertz CT molecular complexity index is 1570. The van der Waals surface area contributed by atoms with Crippen molar-refractivity contribution in [1.82, 2.24) is 0 Å². The van der Waals surface area contributed by atoms with Crippen LogP contribution in [0.2, 0.25) is 0 Å². The van der Waals surface area contributed by atoms with Crippen LogP contribution in [0.1, 0.15) is 162 Å². The van der Waals surface area contributed by atoms with E-state index in [1.807, 2.05) is 48.6 Å². The lowest BCUT2D eigenvalue weighted by molar-refractivity contribution is -0.220. The average Bonchev–Trinajstić information content (AvgIpc) is 3.32. The lowest BCUT2D eigenvalue weighted by Gasteiger charge is -2.41. The Morgan fingerprint density at radius 1 is 0.544 bits per heavy atom. The van der Waals surface area contributed by atoms with Crippen LogP contribution >= 0.6 is 7.82 Å². The first-order valence-electron chi connectivity index (χ1n) is 25.1. The third-order valence-electron chi connectivity index (χ3n) is 11.0. The molecule has 1 saturated carbocycles. The number of allylic oxidation sites excluding steroid dienone is 14. The molecule has 0 aliphatic heterocycles. The zero-order chi connectivity index (χ0) is 50.1. The molecular weight excluding hydrogens is 892 g/mol. The summed E-state index contributed by atoms with van der Waals surface area (Å²) in [6, 6.07) is 0. The van der Waals surface area contributed by atoms with E-state index in [0.29, 0.717) is 32.1 Å². The van der Waals surface area contributed by atoms with Crippen LogP contribution in [0.3, 0.4) is 0 Å². The molecule has 1 rings (SSSR count). The van der Waals surface area contributed by atoms with Crippen molar-refractivity contribution in [3.63, 3.8) is 0 Å². The summed E-state index contributed by atoms with van der Waals surface area (Å²) in [5.74, 6) is -1.24. The Kier molecular flexibility index (Phi) is 38.3. The van der Waals surface area contributed by atoms with E-state index in [2.05, 4.69) is 50.3 Å². The Balaban J connectivity index is 2.50. The van der Waals surface area contributed by atoms with E-state index in [0.717, 1.165) is 51.4 Å². The summed E-state index contributed by atoms with van der Waals surface area (Å²) in [4.78, 5) is 35.8. The van der Waals surface area contributed by atoms with Gasteiger partial charge in [-0.3, -0.25) is 18.6 Å². The molecule has 0 spiro atoms. The van der Waals surface area contributed by atoms with Gasteiger partial charge >= 0.3 is 19.8 Å². The Morgan fingerprint density at radius 2 is 1.04 bits per heavy atom. The molecule has 7 N–H and O–H groups in total. The fourth-order valence-electron chi connectivity index (χ4n) is 6.96. The molecule has 0 aromatic carbocycles. The van der Waals surface area contributed by atoms with E-state index in [4.69, 9.17) is 18.5 Å². The molecule has 15 heteroatoms. The van der Waals surface area contributed by atoms with Gasteiger partial charge in [-0.1, -0.05) is 169 Å². The number of hydrogen-bond donors (Lipinski definition) is 7. The molecular formula is C53H87O14P. The van der Waals surface area contributed by atoms with Gasteiger partial charge < -0.3 is 45.0 Å². The van der Waals surface area contributed by atoms with Crippen LogP contribution in [0.4, 0.5) is 0 Å². The summed E-state index contributed by atoms with van der Waals surface area (Å²) >= 11 is 0. The monoisotopic (exact) mass is 979 g/mol. The van der Waals surface area contributed by atoms with Crippen molar-refractivity contribution in [3.8, 4) is 0 Å². The number of ether oxygens (including phenoxy) is 2. The van der Waals surface area contributed by atoms with Gasteiger partial charge in [0.2, 0.25) is 0 Å². The molecule has 68 heavy (non-hydrogen) atoms. The first-order valence-corrected chi connectivity index (χ1v) is 26.6. The van der Waals surface area contributed by atoms with E-state index < -0.39 is 81.8 Å². The molecule has 4 unspecified atom stereocenters. The molecule has 0 aromatic rings. The number of aliphatic hydroxyl groups excluding tert-OH is 6. The minimum Gasteiger partial charge on any atom is -0.462 e. The summed E-state index contributed by atoms with van der Waals surface area (Å²) in [7, 11) is -5.16. The standard InChI is InChI=1S/C53H87O14P/c1-3-5-7-9-11-12-13-14-15-16-17-18-19-20-21-25-28-32-36-40-46(55)64-42-45(43-65-68(62,63)67-53-51(60)49(58)48(57)50(59)52(53)61)66-47(56)41-37-33-29-26-23-22-24-27-31-35-39-44(54)38-34-30-10-8-6-4-2/h6,8,11-12,14-15,22-23,27,29-31,33-35,39,44-45,48-54,57-61H,3-5,7,9-10,13,16-21,24-26,28,32,36-38,40-43H2,1-2H3,(H,62,63)/b8-6-,12-11-,15-14-,23-22-,31-27-,33-29-,34-30-,39-35+/t44?,45-,48?,49-,50+,51-,52-,53?/m1/s1. The van der Waals surface area contributed by atoms with Gasteiger partial charge in [0.1, 0.15) is 43.2 Å². The molecule has 0 heterocycles. The van der Waals surface area contributed by atoms with Gasteiger partial charge in [-0.2, -0.15) is 0 Å². The van der Waals surface area contributed by atoms with Gasteiger partial charge in [0, 0.05) is 12.8 Å². The summed E-state index contributed by atoms with van der Waals surface area (Å²) < 4.78 is 33.5. The van der Waals surface area contributed by atoms with Crippen molar-refractivity contribution in [3.05, 3.63) is 97.2 Å². The molecule has 1 fully saturated rings. The molecule has 14 nitrogen and oxygen atoms in total. The lowest BCUT2D eigenvalue weighted by atomic mass is 9.85. The number of aliphatic hydroxyl groups is 6. The van der Waals surface area contributed by atoms with E-state index in [9.17, 15) is 49.7 Å².